The van der Waals surface area contributed by atoms with E-state index in [1.165, 1.54) is 0 Å². The third kappa shape index (κ3) is 4.84. The lowest BCUT2D eigenvalue weighted by Gasteiger charge is -2.05. The zero-order chi connectivity index (χ0) is 13.4. The van der Waals surface area contributed by atoms with Gasteiger partial charge >= 0.3 is 12.1 Å². The first-order valence-corrected chi connectivity index (χ1v) is 5.61. The summed E-state index contributed by atoms with van der Waals surface area (Å²) in [5.74, 6) is -0.338. The molecule has 3 N–H and O–H groups in total. The number of hydrogen-bond acceptors (Lipinski definition) is 4. The Morgan fingerprint density at radius 3 is 2.50 bits per heavy atom. The van der Waals surface area contributed by atoms with Crippen molar-refractivity contribution in [3.05, 3.63) is 35.4 Å². The first kappa shape index (κ1) is 14.0. The van der Waals surface area contributed by atoms with Crippen molar-refractivity contribution in [2.75, 3.05) is 13.2 Å². The maximum atomic E-state index is 11.4. The molecular weight excluding hydrogens is 236 g/mol. The highest BCUT2D eigenvalue weighted by atomic mass is 16.5. The fourth-order valence-corrected chi connectivity index (χ4v) is 1.37. The number of esters is 1. The number of carbonyl (C=O) groups excluding carboxylic acids is 1. The van der Waals surface area contributed by atoms with Crippen LogP contribution < -0.4 is 10.9 Å². The van der Waals surface area contributed by atoms with Gasteiger partial charge in [-0.25, -0.2) is 15.0 Å². The van der Waals surface area contributed by atoms with E-state index in [0.29, 0.717) is 25.1 Å². The molecular formula is C12H16N2O4. The summed E-state index contributed by atoms with van der Waals surface area (Å²) in [6, 6.07) is 7.01. The molecule has 0 bridgehead atoms. The zero-order valence-corrected chi connectivity index (χ0v) is 10.1. The first-order valence-electron chi connectivity index (χ1n) is 5.61. The van der Waals surface area contributed by atoms with Gasteiger partial charge in [-0.05, 0) is 31.0 Å². The topological polar surface area (TPSA) is 87.7 Å². The number of carboxylic acid groups (broad SMARTS) is 1. The highest BCUT2D eigenvalue weighted by Crippen LogP contribution is 2.06. The molecule has 0 aliphatic heterocycles. The maximum absolute atomic E-state index is 11.4. The Bertz CT molecular complexity index is 403. The van der Waals surface area contributed by atoms with E-state index < -0.39 is 6.09 Å². The van der Waals surface area contributed by atoms with Crippen LogP contribution in [0.2, 0.25) is 0 Å². The Hall–Kier alpha value is -2.08. The normalized spacial score (nSPS) is 9.83. The van der Waals surface area contributed by atoms with Crippen LogP contribution in [0.3, 0.4) is 0 Å². The number of rotatable bonds is 6. The summed E-state index contributed by atoms with van der Waals surface area (Å²) in [6.45, 7) is 2.59. The van der Waals surface area contributed by atoms with E-state index in [4.69, 9.17) is 9.84 Å². The second kappa shape index (κ2) is 7.29. The van der Waals surface area contributed by atoms with E-state index in [-0.39, 0.29) is 5.97 Å². The van der Waals surface area contributed by atoms with Gasteiger partial charge in [0.1, 0.15) is 0 Å². The van der Waals surface area contributed by atoms with Gasteiger partial charge in [-0.15, -0.1) is 0 Å². The summed E-state index contributed by atoms with van der Waals surface area (Å²) in [5, 5.41) is 8.33. The minimum Gasteiger partial charge on any atom is -0.464 e. The highest BCUT2D eigenvalue weighted by Gasteiger charge is 2.05. The van der Waals surface area contributed by atoms with Crippen LogP contribution in [-0.4, -0.2) is 30.3 Å². The lowest BCUT2D eigenvalue weighted by Crippen LogP contribution is -2.37. The van der Waals surface area contributed by atoms with Crippen molar-refractivity contribution in [1.29, 1.82) is 0 Å². The quantitative estimate of drug-likeness (QED) is 0.402. The van der Waals surface area contributed by atoms with E-state index >= 15 is 0 Å². The fourth-order valence-electron chi connectivity index (χ4n) is 1.37. The Morgan fingerprint density at radius 1 is 1.28 bits per heavy atom. The number of carbonyl (C=O) groups is 2. The van der Waals surface area contributed by atoms with Gasteiger partial charge < -0.3 is 9.84 Å². The first-order chi connectivity index (χ1) is 8.63. The predicted octanol–water partition coefficient (Wildman–Crippen LogP) is 1.18. The average Bonchev–Trinajstić information content (AvgIpc) is 2.35. The molecule has 0 unspecified atom stereocenters. The van der Waals surface area contributed by atoms with Crippen molar-refractivity contribution in [3.63, 3.8) is 0 Å². The van der Waals surface area contributed by atoms with Crippen molar-refractivity contribution < 1.29 is 19.4 Å². The van der Waals surface area contributed by atoms with Crippen LogP contribution in [0.1, 0.15) is 22.8 Å². The molecule has 0 aromatic heterocycles. The third-order valence-electron chi connectivity index (χ3n) is 2.20. The molecule has 1 amide bonds. The molecule has 18 heavy (non-hydrogen) atoms. The van der Waals surface area contributed by atoms with Gasteiger partial charge in [0.2, 0.25) is 0 Å². The summed E-state index contributed by atoms with van der Waals surface area (Å²) < 4.78 is 4.87. The lowest BCUT2D eigenvalue weighted by molar-refractivity contribution is 0.0526. The zero-order valence-electron chi connectivity index (χ0n) is 10.1. The van der Waals surface area contributed by atoms with Gasteiger partial charge in [0.05, 0.1) is 12.2 Å². The van der Waals surface area contributed by atoms with Crippen LogP contribution in [-0.2, 0) is 11.2 Å². The lowest BCUT2D eigenvalue weighted by atomic mass is 10.1. The largest absolute Gasteiger partial charge is 0.464 e. The van der Waals surface area contributed by atoms with E-state index in [9.17, 15) is 9.59 Å². The number of benzene rings is 1. The number of hydrogen-bond donors (Lipinski definition) is 3. The molecule has 0 atom stereocenters. The van der Waals surface area contributed by atoms with Gasteiger partial charge in [-0.2, -0.15) is 0 Å². The SMILES string of the molecule is CCOC(=O)c1ccc(CCNNC(=O)O)cc1. The maximum Gasteiger partial charge on any atom is 0.419 e. The molecule has 6 heteroatoms. The van der Waals surface area contributed by atoms with Crippen LogP contribution in [0.5, 0.6) is 0 Å². The van der Waals surface area contributed by atoms with Crippen LogP contribution in [0, 0.1) is 0 Å². The average molecular weight is 252 g/mol. The van der Waals surface area contributed by atoms with Crippen LogP contribution in [0.15, 0.2) is 24.3 Å². The minimum atomic E-state index is -1.12. The number of amides is 1. The predicted molar refractivity (Wildman–Crippen MR) is 65.3 cm³/mol. The summed E-state index contributed by atoms with van der Waals surface area (Å²) >= 11 is 0. The van der Waals surface area contributed by atoms with Crippen LogP contribution >= 0.6 is 0 Å². The number of nitrogens with one attached hydrogen (secondary N) is 2. The van der Waals surface area contributed by atoms with Crippen molar-refractivity contribution in [1.82, 2.24) is 10.9 Å². The van der Waals surface area contributed by atoms with Crippen LogP contribution in [0.4, 0.5) is 4.79 Å². The summed E-state index contributed by atoms with van der Waals surface area (Å²) in [7, 11) is 0. The van der Waals surface area contributed by atoms with Crippen molar-refractivity contribution >= 4 is 12.1 Å². The minimum absolute atomic E-state index is 0.338. The molecule has 1 aromatic carbocycles. The molecule has 0 heterocycles. The van der Waals surface area contributed by atoms with Crippen molar-refractivity contribution in [2.45, 2.75) is 13.3 Å². The molecule has 98 valence electrons. The van der Waals surface area contributed by atoms with Gasteiger partial charge in [0.25, 0.3) is 0 Å². The molecule has 1 rings (SSSR count). The monoisotopic (exact) mass is 252 g/mol. The van der Waals surface area contributed by atoms with E-state index in [1.54, 1.807) is 19.1 Å². The fraction of sp³-hybridized carbons (Fsp3) is 0.333. The van der Waals surface area contributed by atoms with Crippen molar-refractivity contribution in [2.24, 2.45) is 0 Å². The van der Waals surface area contributed by atoms with Gasteiger partial charge in [0.15, 0.2) is 0 Å². The molecule has 1 aromatic rings. The molecule has 0 fully saturated rings. The second-order valence-electron chi connectivity index (χ2n) is 3.52. The van der Waals surface area contributed by atoms with Gasteiger partial charge in [0, 0.05) is 6.54 Å². The molecule has 0 radical (unpaired) electrons. The molecule has 0 spiro atoms. The standard InChI is InChI=1S/C12H16N2O4/c1-2-18-11(15)10-5-3-9(4-6-10)7-8-13-14-12(16)17/h3-6,13-14H,2,7-8H2,1H3,(H,16,17). The summed E-state index contributed by atoms with van der Waals surface area (Å²) in [4.78, 5) is 21.5. The smallest absolute Gasteiger partial charge is 0.419 e. The molecule has 0 aliphatic rings. The van der Waals surface area contributed by atoms with Gasteiger partial charge in [-0.1, -0.05) is 12.1 Å². The third-order valence-corrected chi connectivity index (χ3v) is 2.20. The molecule has 0 saturated carbocycles. The highest BCUT2D eigenvalue weighted by molar-refractivity contribution is 5.89. The molecule has 6 nitrogen and oxygen atoms in total. The van der Waals surface area contributed by atoms with Crippen molar-refractivity contribution in [3.8, 4) is 0 Å². The Balaban J connectivity index is 2.40. The Morgan fingerprint density at radius 2 is 1.94 bits per heavy atom. The summed E-state index contributed by atoms with van der Waals surface area (Å²) in [6.07, 6.45) is -0.462. The van der Waals surface area contributed by atoms with Gasteiger partial charge in [-0.3, -0.25) is 5.43 Å². The van der Waals surface area contributed by atoms with Crippen LogP contribution in [0.25, 0.3) is 0 Å². The van der Waals surface area contributed by atoms with E-state index in [2.05, 4.69) is 10.9 Å². The summed E-state index contributed by atoms with van der Waals surface area (Å²) in [5.41, 5.74) is 6.12. The second-order valence-corrected chi connectivity index (χ2v) is 3.52. The Labute approximate surface area is 105 Å². The van der Waals surface area contributed by atoms with E-state index in [0.717, 1.165) is 5.56 Å². The number of hydrazine groups is 1. The molecule has 0 aliphatic carbocycles. The Kier molecular flexibility index (Phi) is 5.66. The number of ether oxygens (including phenoxy) is 1. The van der Waals surface area contributed by atoms with E-state index in [1.807, 2.05) is 12.1 Å². The molecule has 0 saturated heterocycles.